The zero-order valence-electron chi connectivity index (χ0n) is 16.8. The first kappa shape index (κ1) is 21.0. The number of carbonyl (C=O) groups excluding carboxylic acids is 4. The first-order valence-corrected chi connectivity index (χ1v) is 9.57. The van der Waals surface area contributed by atoms with Crippen LogP contribution >= 0.6 is 0 Å². The molecule has 0 spiro atoms. The molecule has 1 atom stereocenters. The van der Waals surface area contributed by atoms with Gasteiger partial charge in [-0.3, -0.25) is 19.3 Å². The Morgan fingerprint density at radius 2 is 1.83 bits per heavy atom. The molecule has 156 valence electrons. The van der Waals surface area contributed by atoms with Gasteiger partial charge in [0.15, 0.2) is 6.61 Å². The van der Waals surface area contributed by atoms with Crippen molar-refractivity contribution >= 4 is 29.5 Å². The minimum atomic E-state index is -1.26. The number of nitrogens with one attached hydrogen (secondary N) is 2. The Bertz CT molecular complexity index is 976. The molecule has 0 saturated carbocycles. The Kier molecular flexibility index (Phi) is 6.15. The first-order valence-electron chi connectivity index (χ1n) is 9.57. The van der Waals surface area contributed by atoms with Crippen LogP contribution in [0, 0.1) is 0 Å². The van der Waals surface area contributed by atoms with Gasteiger partial charge in [-0.15, -0.1) is 0 Å². The van der Waals surface area contributed by atoms with E-state index in [1.54, 1.807) is 43.3 Å². The Balaban J connectivity index is 1.55. The third-order valence-electron chi connectivity index (χ3n) is 4.90. The number of nitrogens with zero attached hydrogens (tertiary/aromatic N) is 1. The number of ether oxygens (including phenoxy) is 1. The van der Waals surface area contributed by atoms with Crippen molar-refractivity contribution in [2.45, 2.75) is 25.8 Å². The minimum Gasteiger partial charge on any atom is -0.454 e. The fraction of sp³-hybridized carbons (Fsp3) is 0.273. The number of anilines is 1. The van der Waals surface area contributed by atoms with Crippen molar-refractivity contribution < 1.29 is 23.9 Å². The molecule has 2 aromatic rings. The summed E-state index contributed by atoms with van der Waals surface area (Å²) < 4.78 is 4.94. The number of benzene rings is 2. The summed E-state index contributed by atoms with van der Waals surface area (Å²) in [6.45, 7) is 2.48. The van der Waals surface area contributed by atoms with Crippen LogP contribution in [0.3, 0.4) is 0 Å². The number of esters is 1. The second kappa shape index (κ2) is 8.77. The molecule has 8 nitrogen and oxygen atoms in total. The van der Waals surface area contributed by atoms with Crippen molar-refractivity contribution in [1.82, 2.24) is 10.2 Å². The lowest BCUT2D eigenvalue weighted by atomic mass is 9.92. The van der Waals surface area contributed by atoms with Crippen molar-refractivity contribution in [1.29, 1.82) is 0 Å². The average molecular weight is 409 g/mol. The third-order valence-corrected chi connectivity index (χ3v) is 4.90. The fourth-order valence-electron chi connectivity index (χ4n) is 3.19. The van der Waals surface area contributed by atoms with Crippen LogP contribution in [0.5, 0.6) is 0 Å². The lowest BCUT2D eigenvalue weighted by Gasteiger charge is -2.21. The molecule has 30 heavy (non-hydrogen) atoms. The van der Waals surface area contributed by atoms with Gasteiger partial charge in [0.1, 0.15) is 12.1 Å². The highest BCUT2D eigenvalue weighted by Crippen LogP contribution is 2.28. The number of urea groups is 1. The Morgan fingerprint density at radius 3 is 2.53 bits per heavy atom. The maximum atomic E-state index is 12.8. The summed E-state index contributed by atoms with van der Waals surface area (Å²) >= 11 is 0. The molecule has 2 aromatic carbocycles. The molecule has 1 aliphatic heterocycles. The van der Waals surface area contributed by atoms with Crippen LogP contribution in [0.15, 0.2) is 54.6 Å². The lowest BCUT2D eigenvalue weighted by molar-refractivity contribution is -0.150. The summed E-state index contributed by atoms with van der Waals surface area (Å²) in [7, 11) is 0. The van der Waals surface area contributed by atoms with Crippen LogP contribution in [0.4, 0.5) is 10.5 Å². The topological polar surface area (TPSA) is 105 Å². The molecule has 2 N–H and O–H groups in total. The molecular weight excluding hydrogens is 386 g/mol. The Hall–Kier alpha value is -3.68. The van der Waals surface area contributed by atoms with Gasteiger partial charge in [0.05, 0.1) is 0 Å². The number of aryl methyl sites for hydroxylation is 1. The monoisotopic (exact) mass is 409 g/mol. The molecule has 1 fully saturated rings. The number of rotatable bonds is 7. The van der Waals surface area contributed by atoms with E-state index in [1.807, 2.05) is 25.1 Å². The SMILES string of the molecule is CCc1cccc(NC(=O)COC(=O)CN2C(=O)N[C@@](C)(c3ccccc3)C2=O)c1. The van der Waals surface area contributed by atoms with Gasteiger partial charge in [-0.25, -0.2) is 4.79 Å². The second-order valence-corrected chi connectivity index (χ2v) is 7.08. The average Bonchev–Trinajstić information content (AvgIpc) is 2.97. The van der Waals surface area contributed by atoms with E-state index < -0.39 is 42.5 Å². The van der Waals surface area contributed by atoms with Gasteiger partial charge < -0.3 is 15.4 Å². The van der Waals surface area contributed by atoms with E-state index >= 15 is 0 Å². The van der Waals surface area contributed by atoms with Crippen LogP contribution < -0.4 is 10.6 Å². The second-order valence-electron chi connectivity index (χ2n) is 7.08. The largest absolute Gasteiger partial charge is 0.454 e. The van der Waals surface area contributed by atoms with Crippen molar-refractivity contribution in [3.8, 4) is 0 Å². The van der Waals surface area contributed by atoms with E-state index in [2.05, 4.69) is 10.6 Å². The van der Waals surface area contributed by atoms with Crippen LogP contribution in [-0.4, -0.2) is 41.9 Å². The number of hydrogen-bond donors (Lipinski definition) is 2. The number of hydrogen-bond acceptors (Lipinski definition) is 5. The van der Waals surface area contributed by atoms with E-state index in [0.29, 0.717) is 11.3 Å². The predicted molar refractivity (Wildman–Crippen MR) is 109 cm³/mol. The maximum absolute atomic E-state index is 12.8. The normalized spacial score (nSPS) is 18.1. The summed E-state index contributed by atoms with van der Waals surface area (Å²) in [5.74, 6) is -1.92. The first-order chi connectivity index (χ1) is 14.3. The zero-order chi connectivity index (χ0) is 21.7. The Labute approximate surface area is 174 Å². The van der Waals surface area contributed by atoms with Crippen molar-refractivity contribution in [3.05, 3.63) is 65.7 Å². The Morgan fingerprint density at radius 1 is 1.10 bits per heavy atom. The van der Waals surface area contributed by atoms with Gasteiger partial charge >= 0.3 is 12.0 Å². The van der Waals surface area contributed by atoms with Gasteiger partial charge in [0, 0.05) is 5.69 Å². The van der Waals surface area contributed by atoms with Crippen LogP contribution in [0.25, 0.3) is 0 Å². The van der Waals surface area contributed by atoms with Crippen LogP contribution in [-0.2, 0) is 31.1 Å². The molecule has 4 amide bonds. The highest BCUT2D eigenvalue weighted by Gasteiger charge is 2.49. The highest BCUT2D eigenvalue weighted by molar-refractivity contribution is 6.09. The van der Waals surface area contributed by atoms with Crippen molar-refractivity contribution in [2.75, 3.05) is 18.5 Å². The minimum absolute atomic E-state index is 0.511. The smallest absolute Gasteiger partial charge is 0.326 e. The fourth-order valence-corrected chi connectivity index (χ4v) is 3.19. The molecule has 0 radical (unpaired) electrons. The van der Waals surface area contributed by atoms with Gasteiger partial charge in [0.25, 0.3) is 11.8 Å². The molecular formula is C22H23N3O5. The van der Waals surface area contributed by atoms with Gasteiger partial charge in [0.2, 0.25) is 0 Å². The van der Waals surface area contributed by atoms with E-state index in [9.17, 15) is 19.2 Å². The van der Waals surface area contributed by atoms with Crippen LogP contribution in [0.1, 0.15) is 25.0 Å². The molecule has 1 aliphatic rings. The van der Waals surface area contributed by atoms with Crippen molar-refractivity contribution in [3.63, 3.8) is 0 Å². The van der Waals surface area contributed by atoms with Gasteiger partial charge in [-0.1, -0.05) is 49.4 Å². The lowest BCUT2D eigenvalue weighted by Crippen LogP contribution is -2.41. The standard InChI is InChI=1S/C22H23N3O5/c1-3-15-8-7-11-17(12-15)23-18(26)14-30-19(27)13-25-20(28)22(2,24-21(25)29)16-9-5-4-6-10-16/h4-12H,3,13-14H2,1-2H3,(H,23,26)(H,24,29)/t22-/m0/s1. The van der Waals surface area contributed by atoms with E-state index in [4.69, 9.17) is 4.74 Å². The molecule has 0 aliphatic carbocycles. The maximum Gasteiger partial charge on any atom is 0.326 e. The molecule has 1 saturated heterocycles. The quantitative estimate of drug-likeness (QED) is 0.539. The summed E-state index contributed by atoms with van der Waals surface area (Å²) in [6.07, 6.45) is 0.826. The molecule has 3 rings (SSSR count). The molecule has 0 bridgehead atoms. The highest BCUT2D eigenvalue weighted by atomic mass is 16.5. The van der Waals surface area contributed by atoms with Crippen molar-refractivity contribution in [2.24, 2.45) is 0 Å². The third kappa shape index (κ3) is 4.48. The predicted octanol–water partition coefficient (Wildman–Crippen LogP) is 2.20. The summed E-state index contributed by atoms with van der Waals surface area (Å²) in [5, 5.41) is 5.25. The number of carbonyl (C=O) groups is 4. The number of imide groups is 1. The summed E-state index contributed by atoms with van der Waals surface area (Å²) in [6, 6.07) is 15.4. The summed E-state index contributed by atoms with van der Waals surface area (Å²) in [5.41, 5.74) is 1.00. The molecule has 8 heteroatoms. The van der Waals surface area contributed by atoms with Gasteiger partial charge in [-0.05, 0) is 36.6 Å². The van der Waals surface area contributed by atoms with Crippen LogP contribution in [0.2, 0.25) is 0 Å². The summed E-state index contributed by atoms with van der Waals surface area (Å²) in [4.78, 5) is 50.0. The number of amides is 4. The molecule has 0 aromatic heterocycles. The molecule has 0 unspecified atom stereocenters. The van der Waals surface area contributed by atoms with E-state index in [-0.39, 0.29) is 0 Å². The van der Waals surface area contributed by atoms with E-state index in [1.165, 1.54) is 0 Å². The van der Waals surface area contributed by atoms with E-state index in [0.717, 1.165) is 16.9 Å². The zero-order valence-corrected chi connectivity index (χ0v) is 16.8. The molecule has 1 heterocycles. The van der Waals surface area contributed by atoms with Gasteiger partial charge in [-0.2, -0.15) is 0 Å².